The predicted octanol–water partition coefficient (Wildman–Crippen LogP) is -0.615. The molecule has 1 aliphatic heterocycles. The van der Waals surface area contributed by atoms with E-state index in [1.807, 2.05) is 0 Å². The lowest BCUT2D eigenvalue weighted by atomic mass is 10.4. The quantitative estimate of drug-likeness (QED) is 0.734. The monoisotopic (exact) mass is 336 g/mol. The van der Waals surface area contributed by atoms with Gasteiger partial charge in [-0.2, -0.15) is 4.31 Å². The topological polar surface area (TPSA) is 92.6 Å². The third-order valence-electron chi connectivity index (χ3n) is 3.57. The van der Waals surface area contributed by atoms with E-state index in [9.17, 15) is 16.8 Å². The SMILES string of the molecule is Cc1nc(S(=O)(=O)N2CCCN(S(C)(=O)=O)CC2)cn1C. The fraction of sp³-hybridized carbons (Fsp3) is 0.727. The molecule has 0 atom stereocenters. The van der Waals surface area contributed by atoms with Crippen LogP contribution in [0.4, 0.5) is 0 Å². The van der Waals surface area contributed by atoms with Crippen molar-refractivity contribution in [3.8, 4) is 0 Å². The molecule has 0 amide bonds. The van der Waals surface area contributed by atoms with Crippen LogP contribution in [0.3, 0.4) is 0 Å². The summed E-state index contributed by atoms with van der Waals surface area (Å²) in [6.45, 7) is 2.68. The van der Waals surface area contributed by atoms with Crippen LogP contribution in [0.25, 0.3) is 0 Å². The van der Waals surface area contributed by atoms with Crippen LogP contribution in [0.15, 0.2) is 11.2 Å². The lowest BCUT2D eigenvalue weighted by Crippen LogP contribution is -2.37. The average Bonchev–Trinajstić information content (AvgIpc) is 2.61. The molecule has 0 unspecified atom stereocenters. The Bertz CT molecular complexity index is 704. The number of nitrogens with zero attached hydrogens (tertiary/aromatic N) is 4. The summed E-state index contributed by atoms with van der Waals surface area (Å²) in [5.74, 6) is 0.612. The van der Waals surface area contributed by atoms with E-state index in [4.69, 9.17) is 0 Å². The summed E-state index contributed by atoms with van der Waals surface area (Å²) < 4.78 is 52.5. The number of imidazole rings is 1. The fourth-order valence-corrected chi connectivity index (χ4v) is 4.59. The van der Waals surface area contributed by atoms with Gasteiger partial charge in [0, 0.05) is 39.4 Å². The first-order valence-electron chi connectivity index (χ1n) is 6.57. The van der Waals surface area contributed by atoms with Gasteiger partial charge in [0.1, 0.15) is 5.82 Å². The fourth-order valence-electron chi connectivity index (χ4n) is 2.22. The Morgan fingerprint density at radius 1 is 1.05 bits per heavy atom. The maximum Gasteiger partial charge on any atom is 0.262 e. The first kappa shape index (κ1) is 16.4. The largest absolute Gasteiger partial charge is 0.337 e. The average molecular weight is 336 g/mol. The molecule has 0 radical (unpaired) electrons. The number of hydrogen-bond acceptors (Lipinski definition) is 5. The van der Waals surface area contributed by atoms with Crippen molar-refractivity contribution in [2.24, 2.45) is 7.05 Å². The lowest BCUT2D eigenvalue weighted by molar-refractivity contribution is 0.405. The molecule has 1 saturated heterocycles. The van der Waals surface area contributed by atoms with E-state index in [0.717, 1.165) is 6.26 Å². The Morgan fingerprint density at radius 2 is 1.62 bits per heavy atom. The first-order chi connectivity index (χ1) is 9.62. The van der Waals surface area contributed by atoms with Crippen molar-refractivity contribution in [3.05, 3.63) is 12.0 Å². The highest BCUT2D eigenvalue weighted by molar-refractivity contribution is 7.89. The third kappa shape index (κ3) is 3.44. The minimum Gasteiger partial charge on any atom is -0.337 e. The van der Waals surface area contributed by atoms with E-state index in [-0.39, 0.29) is 18.1 Å². The maximum atomic E-state index is 12.5. The molecule has 0 spiro atoms. The Labute approximate surface area is 125 Å². The van der Waals surface area contributed by atoms with E-state index < -0.39 is 20.0 Å². The maximum absolute atomic E-state index is 12.5. The number of hydrogen-bond donors (Lipinski definition) is 0. The lowest BCUT2D eigenvalue weighted by Gasteiger charge is -2.19. The summed E-state index contributed by atoms with van der Waals surface area (Å²) in [5, 5.41) is 0.00954. The predicted molar refractivity (Wildman–Crippen MR) is 77.7 cm³/mol. The van der Waals surface area contributed by atoms with E-state index in [2.05, 4.69) is 4.98 Å². The highest BCUT2D eigenvalue weighted by atomic mass is 32.2. The second-order valence-electron chi connectivity index (χ2n) is 5.16. The van der Waals surface area contributed by atoms with Crippen LogP contribution in [-0.4, -0.2) is 67.4 Å². The smallest absolute Gasteiger partial charge is 0.262 e. The number of aryl methyl sites for hydroxylation is 2. The molecule has 1 aromatic rings. The van der Waals surface area contributed by atoms with Crippen molar-refractivity contribution in [2.45, 2.75) is 18.4 Å². The molecule has 2 rings (SSSR count). The van der Waals surface area contributed by atoms with Gasteiger partial charge in [-0.1, -0.05) is 0 Å². The van der Waals surface area contributed by atoms with Gasteiger partial charge in [0.2, 0.25) is 10.0 Å². The van der Waals surface area contributed by atoms with Gasteiger partial charge in [0.05, 0.1) is 6.26 Å². The zero-order valence-corrected chi connectivity index (χ0v) is 14.0. The van der Waals surface area contributed by atoms with Crippen LogP contribution in [-0.2, 0) is 27.1 Å². The first-order valence-corrected chi connectivity index (χ1v) is 9.86. The van der Waals surface area contributed by atoms with Crippen LogP contribution in [0.1, 0.15) is 12.2 Å². The van der Waals surface area contributed by atoms with Gasteiger partial charge < -0.3 is 4.57 Å². The zero-order valence-electron chi connectivity index (χ0n) is 12.4. The normalized spacial score (nSPS) is 19.6. The van der Waals surface area contributed by atoms with Crippen molar-refractivity contribution < 1.29 is 16.8 Å². The van der Waals surface area contributed by atoms with Gasteiger partial charge in [-0.25, -0.2) is 26.1 Å². The molecule has 0 saturated carbocycles. The molecular weight excluding hydrogens is 316 g/mol. The minimum absolute atomic E-state index is 0.00954. The summed E-state index contributed by atoms with van der Waals surface area (Å²) in [4.78, 5) is 4.06. The van der Waals surface area contributed by atoms with Gasteiger partial charge in [-0.15, -0.1) is 0 Å². The summed E-state index contributed by atoms with van der Waals surface area (Å²) in [6.07, 6.45) is 3.08. The Hall–Kier alpha value is -0.970. The molecule has 1 aromatic heterocycles. The van der Waals surface area contributed by atoms with E-state index in [1.54, 1.807) is 18.5 Å². The van der Waals surface area contributed by atoms with E-state index in [1.165, 1.54) is 14.8 Å². The Balaban J connectivity index is 2.22. The van der Waals surface area contributed by atoms with Crippen molar-refractivity contribution in [3.63, 3.8) is 0 Å². The molecule has 21 heavy (non-hydrogen) atoms. The number of sulfonamides is 2. The molecule has 2 heterocycles. The second-order valence-corrected chi connectivity index (χ2v) is 9.02. The molecule has 0 bridgehead atoms. The van der Waals surface area contributed by atoms with Crippen molar-refractivity contribution in [1.29, 1.82) is 0 Å². The molecule has 8 nitrogen and oxygen atoms in total. The van der Waals surface area contributed by atoms with Crippen LogP contribution < -0.4 is 0 Å². The number of aromatic nitrogens is 2. The highest BCUT2D eigenvalue weighted by Gasteiger charge is 2.31. The van der Waals surface area contributed by atoms with Crippen LogP contribution in [0.5, 0.6) is 0 Å². The molecule has 1 aliphatic rings. The molecule has 1 fully saturated rings. The van der Waals surface area contributed by atoms with Gasteiger partial charge in [0.15, 0.2) is 5.03 Å². The summed E-state index contributed by atoms with van der Waals surface area (Å²) >= 11 is 0. The Morgan fingerprint density at radius 3 is 2.14 bits per heavy atom. The van der Waals surface area contributed by atoms with Gasteiger partial charge in [0.25, 0.3) is 10.0 Å². The molecule has 0 N–H and O–H groups in total. The molecule has 10 heteroatoms. The number of rotatable bonds is 3. The van der Waals surface area contributed by atoms with Crippen LogP contribution >= 0.6 is 0 Å². The van der Waals surface area contributed by atoms with Crippen molar-refractivity contribution in [1.82, 2.24) is 18.2 Å². The highest BCUT2D eigenvalue weighted by Crippen LogP contribution is 2.17. The van der Waals surface area contributed by atoms with Gasteiger partial charge >= 0.3 is 0 Å². The molecule has 0 aromatic carbocycles. The molecule has 120 valence electrons. The van der Waals surface area contributed by atoms with Gasteiger partial charge in [-0.3, -0.25) is 0 Å². The molecule has 0 aliphatic carbocycles. The second kappa shape index (κ2) is 5.67. The van der Waals surface area contributed by atoms with E-state index >= 15 is 0 Å². The summed E-state index contributed by atoms with van der Waals surface area (Å²) in [5.41, 5.74) is 0. The van der Waals surface area contributed by atoms with Gasteiger partial charge in [-0.05, 0) is 13.3 Å². The standard InChI is InChI=1S/C11H20N4O4S2/c1-10-12-11(9-13(10)2)21(18,19)15-6-4-5-14(7-8-15)20(3,16)17/h9H,4-8H2,1-3H3. The zero-order chi connectivity index (χ0) is 15.8. The van der Waals surface area contributed by atoms with Crippen LogP contribution in [0, 0.1) is 6.92 Å². The van der Waals surface area contributed by atoms with Crippen molar-refractivity contribution in [2.75, 3.05) is 32.4 Å². The Kier molecular flexibility index (Phi) is 4.43. The third-order valence-corrected chi connectivity index (χ3v) is 6.65. The minimum atomic E-state index is -3.68. The summed E-state index contributed by atoms with van der Waals surface area (Å²) in [7, 11) is -5.24. The molecular formula is C11H20N4O4S2. The van der Waals surface area contributed by atoms with E-state index in [0.29, 0.717) is 25.3 Å². The van der Waals surface area contributed by atoms with Crippen molar-refractivity contribution >= 4 is 20.0 Å². The van der Waals surface area contributed by atoms with Crippen LogP contribution in [0.2, 0.25) is 0 Å². The summed E-state index contributed by atoms with van der Waals surface area (Å²) in [6, 6.07) is 0.